The van der Waals surface area contributed by atoms with Crippen LogP contribution in [0.15, 0.2) is 18.2 Å². The Morgan fingerprint density at radius 1 is 1.42 bits per heavy atom. The summed E-state index contributed by atoms with van der Waals surface area (Å²) in [5.41, 5.74) is 7.04. The molecule has 0 saturated carbocycles. The lowest BCUT2D eigenvalue weighted by Crippen LogP contribution is -2.47. The molecule has 1 aliphatic heterocycles. The molecule has 3 nitrogen and oxygen atoms in total. The highest BCUT2D eigenvalue weighted by Gasteiger charge is 2.26. The van der Waals surface area contributed by atoms with Crippen LogP contribution < -0.4 is 10.5 Å². The molecule has 0 radical (unpaired) electrons. The van der Waals surface area contributed by atoms with E-state index in [0.29, 0.717) is 11.7 Å². The van der Waals surface area contributed by atoms with Gasteiger partial charge in [-0.15, -0.1) is 0 Å². The monoisotopic (exact) mass is 266 g/mol. The Labute approximate surface area is 114 Å². The van der Waals surface area contributed by atoms with E-state index in [1.54, 1.807) is 12.1 Å². The number of likely N-dealkylation sites (tertiary alicyclic amines) is 1. The van der Waals surface area contributed by atoms with Crippen molar-refractivity contribution < 1.29 is 9.13 Å². The average molecular weight is 266 g/mol. The first-order valence-corrected chi connectivity index (χ1v) is 6.84. The maximum absolute atomic E-state index is 13.8. The Kier molecular flexibility index (Phi) is 4.42. The van der Waals surface area contributed by atoms with E-state index in [9.17, 15) is 4.39 Å². The van der Waals surface area contributed by atoms with E-state index in [-0.39, 0.29) is 17.9 Å². The van der Waals surface area contributed by atoms with Gasteiger partial charge in [0.25, 0.3) is 0 Å². The predicted molar refractivity (Wildman–Crippen MR) is 74.7 cm³/mol. The van der Waals surface area contributed by atoms with Gasteiger partial charge < -0.3 is 10.5 Å². The summed E-state index contributed by atoms with van der Waals surface area (Å²) in [6.45, 7) is 6.21. The lowest BCUT2D eigenvalue weighted by atomic mass is 9.94. The molecule has 1 aromatic carbocycles. The Bertz CT molecular complexity index is 428. The normalized spacial score (nSPS) is 26.2. The van der Waals surface area contributed by atoms with Crippen LogP contribution in [0.4, 0.5) is 4.39 Å². The summed E-state index contributed by atoms with van der Waals surface area (Å²) in [5.74, 6) is 0.579. The summed E-state index contributed by atoms with van der Waals surface area (Å²) < 4.78 is 18.7. The number of hydrogen-bond donors (Lipinski definition) is 1. The quantitative estimate of drug-likeness (QED) is 0.914. The molecule has 19 heavy (non-hydrogen) atoms. The summed E-state index contributed by atoms with van der Waals surface area (Å²) in [5, 5.41) is 0. The molecule has 0 aliphatic carbocycles. The van der Waals surface area contributed by atoms with Gasteiger partial charge in [0.05, 0.1) is 7.11 Å². The largest absolute Gasteiger partial charge is 0.494 e. The van der Waals surface area contributed by atoms with Gasteiger partial charge in [-0.3, -0.25) is 4.90 Å². The van der Waals surface area contributed by atoms with Crippen molar-refractivity contribution in [2.45, 2.75) is 32.4 Å². The summed E-state index contributed by atoms with van der Waals surface area (Å²) in [6.07, 6.45) is 1.07. The van der Waals surface area contributed by atoms with Crippen LogP contribution in [0.5, 0.6) is 5.75 Å². The maximum Gasteiger partial charge on any atom is 0.165 e. The number of benzene rings is 1. The van der Waals surface area contributed by atoms with E-state index in [2.05, 4.69) is 18.7 Å². The number of ether oxygens (including phenoxy) is 1. The number of hydrogen-bond acceptors (Lipinski definition) is 3. The van der Waals surface area contributed by atoms with Gasteiger partial charge in [-0.05, 0) is 37.0 Å². The molecule has 3 atom stereocenters. The number of rotatable bonds is 3. The number of piperidine rings is 1. The molecule has 4 heteroatoms. The molecule has 0 amide bonds. The maximum atomic E-state index is 13.8. The molecule has 1 aromatic rings. The van der Waals surface area contributed by atoms with Gasteiger partial charge in [-0.1, -0.05) is 13.0 Å². The summed E-state index contributed by atoms with van der Waals surface area (Å²) >= 11 is 0. The van der Waals surface area contributed by atoms with Gasteiger partial charge in [0, 0.05) is 25.2 Å². The van der Waals surface area contributed by atoms with Crippen LogP contribution >= 0.6 is 0 Å². The van der Waals surface area contributed by atoms with E-state index in [1.807, 2.05) is 6.07 Å². The van der Waals surface area contributed by atoms with Gasteiger partial charge in [-0.25, -0.2) is 4.39 Å². The van der Waals surface area contributed by atoms with Gasteiger partial charge in [0.1, 0.15) is 0 Å². The standard InChI is InChI=1S/C15H23FN2O/c1-10-6-13(17)9-18(8-10)11(2)12-4-5-15(19-3)14(16)7-12/h4-5,7,10-11,13H,6,8-9,17H2,1-3H3. The second-order valence-electron chi connectivity index (χ2n) is 5.62. The average Bonchev–Trinajstić information content (AvgIpc) is 2.36. The number of methoxy groups -OCH3 is 1. The van der Waals surface area contributed by atoms with Gasteiger partial charge in [0.2, 0.25) is 0 Å². The predicted octanol–water partition coefficient (Wildman–Crippen LogP) is 2.56. The van der Waals surface area contributed by atoms with Crippen LogP contribution in [0.3, 0.4) is 0 Å². The third-order valence-electron chi connectivity index (χ3n) is 3.93. The number of nitrogens with zero attached hydrogens (tertiary/aromatic N) is 1. The summed E-state index contributed by atoms with van der Waals surface area (Å²) in [7, 11) is 1.48. The van der Waals surface area contributed by atoms with E-state index in [0.717, 1.165) is 25.1 Å². The smallest absolute Gasteiger partial charge is 0.165 e. The fourth-order valence-electron chi connectivity index (χ4n) is 2.91. The number of nitrogens with two attached hydrogens (primary N) is 1. The third-order valence-corrected chi connectivity index (χ3v) is 3.93. The second kappa shape index (κ2) is 5.88. The molecular weight excluding hydrogens is 243 g/mol. The van der Waals surface area contributed by atoms with Crippen molar-refractivity contribution in [1.82, 2.24) is 4.90 Å². The molecule has 0 aromatic heterocycles. The molecule has 2 rings (SSSR count). The molecule has 1 saturated heterocycles. The fraction of sp³-hybridized carbons (Fsp3) is 0.600. The van der Waals surface area contributed by atoms with Crippen LogP contribution in [-0.4, -0.2) is 31.1 Å². The van der Waals surface area contributed by atoms with Gasteiger partial charge in [-0.2, -0.15) is 0 Å². The fourth-order valence-corrected chi connectivity index (χ4v) is 2.91. The highest BCUT2D eigenvalue weighted by molar-refractivity contribution is 5.30. The molecule has 3 unspecified atom stereocenters. The van der Waals surface area contributed by atoms with E-state index in [1.165, 1.54) is 7.11 Å². The Hall–Kier alpha value is -1.13. The zero-order chi connectivity index (χ0) is 14.0. The lowest BCUT2D eigenvalue weighted by Gasteiger charge is -2.38. The second-order valence-corrected chi connectivity index (χ2v) is 5.62. The Morgan fingerprint density at radius 2 is 2.16 bits per heavy atom. The van der Waals surface area contributed by atoms with E-state index < -0.39 is 0 Å². The van der Waals surface area contributed by atoms with Crippen molar-refractivity contribution in [3.8, 4) is 5.75 Å². The molecule has 2 N–H and O–H groups in total. The minimum absolute atomic E-state index is 0.175. The zero-order valence-electron chi connectivity index (χ0n) is 11.9. The van der Waals surface area contributed by atoms with E-state index in [4.69, 9.17) is 10.5 Å². The van der Waals surface area contributed by atoms with Gasteiger partial charge in [0.15, 0.2) is 11.6 Å². The minimum Gasteiger partial charge on any atom is -0.494 e. The van der Waals surface area contributed by atoms with Crippen molar-refractivity contribution in [3.05, 3.63) is 29.6 Å². The summed E-state index contributed by atoms with van der Waals surface area (Å²) in [4.78, 5) is 2.33. The van der Waals surface area contributed by atoms with Crippen LogP contribution in [0.1, 0.15) is 31.9 Å². The van der Waals surface area contributed by atoms with Crippen LogP contribution in [0.25, 0.3) is 0 Å². The first-order chi connectivity index (χ1) is 9.01. The molecule has 0 spiro atoms. The Morgan fingerprint density at radius 3 is 2.74 bits per heavy atom. The van der Waals surface area contributed by atoms with Gasteiger partial charge >= 0.3 is 0 Å². The van der Waals surface area contributed by atoms with Crippen LogP contribution in [0, 0.1) is 11.7 Å². The SMILES string of the molecule is COc1ccc(C(C)N2CC(C)CC(N)C2)cc1F. The van der Waals surface area contributed by atoms with Crippen molar-refractivity contribution in [2.24, 2.45) is 11.7 Å². The molecule has 1 aliphatic rings. The Balaban J connectivity index is 2.14. The molecule has 1 fully saturated rings. The first-order valence-electron chi connectivity index (χ1n) is 6.84. The van der Waals surface area contributed by atoms with Crippen molar-refractivity contribution in [1.29, 1.82) is 0 Å². The van der Waals surface area contributed by atoms with Crippen molar-refractivity contribution in [2.75, 3.05) is 20.2 Å². The van der Waals surface area contributed by atoms with E-state index >= 15 is 0 Å². The first kappa shape index (κ1) is 14.3. The topological polar surface area (TPSA) is 38.5 Å². The zero-order valence-corrected chi connectivity index (χ0v) is 11.9. The highest BCUT2D eigenvalue weighted by atomic mass is 19.1. The molecular formula is C15H23FN2O. The molecule has 106 valence electrons. The molecule has 0 bridgehead atoms. The summed E-state index contributed by atoms with van der Waals surface area (Å²) in [6, 6.07) is 5.57. The minimum atomic E-state index is -0.304. The van der Waals surface area contributed by atoms with Crippen molar-refractivity contribution >= 4 is 0 Å². The van der Waals surface area contributed by atoms with Crippen LogP contribution in [0.2, 0.25) is 0 Å². The van der Waals surface area contributed by atoms with Crippen molar-refractivity contribution in [3.63, 3.8) is 0 Å². The third kappa shape index (κ3) is 3.25. The lowest BCUT2D eigenvalue weighted by molar-refractivity contribution is 0.124. The molecule has 1 heterocycles. The highest BCUT2D eigenvalue weighted by Crippen LogP contribution is 2.28. The van der Waals surface area contributed by atoms with Crippen LogP contribution in [-0.2, 0) is 0 Å². The number of halogens is 1.